The van der Waals surface area contributed by atoms with Crippen molar-refractivity contribution in [2.75, 3.05) is 13.1 Å². The Balaban J connectivity index is 1.99. The Labute approximate surface area is 129 Å². The fraction of sp³-hybridized carbons (Fsp3) is 0.357. The summed E-state index contributed by atoms with van der Waals surface area (Å²) in [4.78, 5) is 54.9. The van der Waals surface area contributed by atoms with Crippen molar-refractivity contribution in [3.8, 4) is 0 Å². The summed E-state index contributed by atoms with van der Waals surface area (Å²) in [6.07, 6.45) is 0.521. The number of aryl methyl sites for hydroxylation is 1. The number of H-pyrrole nitrogens is 1. The molecule has 0 unspecified atom stereocenters. The van der Waals surface area contributed by atoms with Crippen LogP contribution >= 0.6 is 0 Å². The van der Waals surface area contributed by atoms with Crippen LogP contribution in [0.2, 0.25) is 0 Å². The van der Waals surface area contributed by atoms with Crippen molar-refractivity contribution in [2.45, 2.75) is 6.42 Å². The number of pyridine rings is 1. The lowest BCUT2D eigenvalue weighted by molar-refractivity contribution is -0.121. The van der Waals surface area contributed by atoms with Gasteiger partial charge in [0, 0.05) is 20.1 Å². The first-order chi connectivity index (χ1) is 10.9. The highest BCUT2D eigenvalue weighted by molar-refractivity contribution is 5.95. The number of rotatable bonds is 2. The maximum Gasteiger partial charge on any atom is 0.329 e. The number of likely N-dealkylation sites (tertiary alicyclic amines) is 1. The molecule has 9 nitrogen and oxygen atoms in total. The molecule has 0 aliphatic carbocycles. The predicted octanol–water partition coefficient (Wildman–Crippen LogP) is -1.43. The molecule has 23 heavy (non-hydrogen) atoms. The molecule has 0 aromatic carbocycles. The lowest BCUT2D eigenvalue weighted by Crippen LogP contribution is -2.33. The van der Waals surface area contributed by atoms with Crippen LogP contribution in [0, 0.1) is 5.92 Å². The van der Waals surface area contributed by atoms with Crippen LogP contribution in [0.15, 0.2) is 21.7 Å². The number of carbonyl (C=O) groups excluding carboxylic acids is 2. The third-order valence-electron chi connectivity index (χ3n) is 4.06. The predicted molar refractivity (Wildman–Crippen MR) is 80.8 cm³/mol. The maximum atomic E-state index is 12.5. The number of nitrogens with one attached hydrogen (secondary N) is 1. The second kappa shape index (κ2) is 5.34. The van der Waals surface area contributed by atoms with Gasteiger partial charge in [-0.3, -0.25) is 23.9 Å². The number of nitrogens with zero attached hydrogens (tertiary/aromatic N) is 3. The van der Waals surface area contributed by atoms with Crippen molar-refractivity contribution < 1.29 is 9.59 Å². The Hall–Kier alpha value is -2.97. The van der Waals surface area contributed by atoms with Gasteiger partial charge >= 0.3 is 5.69 Å². The van der Waals surface area contributed by atoms with Crippen LogP contribution in [-0.4, -0.2) is 44.3 Å². The van der Waals surface area contributed by atoms with Gasteiger partial charge in [-0.1, -0.05) is 0 Å². The normalized spacial score (nSPS) is 17.6. The third-order valence-corrected chi connectivity index (χ3v) is 4.06. The molecule has 3 rings (SSSR count). The van der Waals surface area contributed by atoms with Gasteiger partial charge in [0.1, 0.15) is 11.3 Å². The summed E-state index contributed by atoms with van der Waals surface area (Å²) in [7, 11) is 1.46. The van der Waals surface area contributed by atoms with Crippen LogP contribution in [0.1, 0.15) is 16.9 Å². The van der Waals surface area contributed by atoms with Gasteiger partial charge in [0.25, 0.3) is 11.5 Å². The van der Waals surface area contributed by atoms with Crippen LogP contribution < -0.4 is 17.0 Å². The number of amides is 2. The van der Waals surface area contributed by atoms with Crippen molar-refractivity contribution in [2.24, 2.45) is 18.7 Å². The van der Waals surface area contributed by atoms with Crippen molar-refractivity contribution in [1.29, 1.82) is 0 Å². The molecule has 2 aromatic rings. The molecule has 2 amide bonds. The second-order valence-corrected chi connectivity index (χ2v) is 5.53. The Morgan fingerprint density at radius 3 is 2.74 bits per heavy atom. The molecule has 9 heteroatoms. The molecule has 1 aliphatic rings. The minimum atomic E-state index is -0.602. The number of primary amides is 1. The first-order valence-corrected chi connectivity index (χ1v) is 7.07. The van der Waals surface area contributed by atoms with Gasteiger partial charge in [0.15, 0.2) is 0 Å². The molecule has 0 radical (unpaired) electrons. The summed E-state index contributed by atoms with van der Waals surface area (Å²) in [5, 5.41) is 0.222. The molecule has 0 bridgehead atoms. The molecule has 120 valence electrons. The first-order valence-electron chi connectivity index (χ1n) is 7.07. The molecule has 0 spiro atoms. The smallest absolute Gasteiger partial charge is 0.329 e. The minimum absolute atomic E-state index is 0.114. The lowest BCUT2D eigenvalue weighted by Gasteiger charge is -2.15. The summed E-state index contributed by atoms with van der Waals surface area (Å²) >= 11 is 0. The van der Waals surface area contributed by atoms with Gasteiger partial charge < -0.3 is 10.6 Å². The van der Waals surface area contributed by atoms with Crippen molar-refractivity contribution in [3.05, 3.63) is 38.7 Å². The molecule has 2 aromatic heterocycles. The zero-order valence-corrected chi connectivity index (χ0v) is 12.4. The van der Waals surface area contributed by atoms with E-state index in [2.05, 4.69) is 9.97 Å². The summed E-state index contributed by atoms with van der Waals surface area (Å²) in [6.45, 7) is 0.669. The van der Waals surface area contributed by atoms with Crippen LogP contribution in [0.4, 0.5) is 0 Å². The van der Waals surface area contributed by atoms with E-state index in [4.69, 9.17) is 5.73 Å². The molecule has 1 saturated heterocycles. The van der Waals surface area contributed by atoms with Gasteiger partial charge in [0.05, 0.1) is 11.3 Å². The summed E-state index contributed by atoms with van der Waals surface area (Å²) in [5.74, 6) is -1.14. The largest absolute Gasteiger partial charge is 0.369 e. The number of hydrogen-bond acceptors (Lipinski definition) is 5. The molecule has 1 fully saturated rings. The average molecular weight is 317 g/mol. The second-order valence-electron chi connectivity index (χ2n) is 5.53. The fourth-order valence-electron chi connectivity index (χ4n) is 2.68. The van der Waals surface area contributed by atoms with E-state index in [0.29, 0.717) is 13.0 Å². The standard InChI is InChI=1S/C14H15N5O4/c1-18-11-8(12(21)17-14(18)23)2-3-9(16-11)13(22)19-5-4-7(6-19)10(15)20/h2-3,7H,4-6H2,1H3,(H2,15,20)(H,17,21,23)/t7-/m1/s1. The molecule has 1 atom stereocenters. The van der Waals surface area contributed by atoms with Gasteiger partial charge in [-0.2, -0.15) is 0 Å². The van der Waals surface area contributed by atoms with Gasteiger partial charge in [0.2, 0.25) is 5.91 Å². The van der Waals surface area contributed by atoms with Crippen LogP contribution in [-0.2, 0) is 11.8 Å². The highest BCUT2D eigenvalue weighted by Gasteiger charge is 2.30. The van der Waals surface area contributed by atoms with E-state index in [1.165, 1.54) is 28.6 Å². The number of fused-ring (bicyclic) bond motifs is 1. The third kappa shape index (κ3) is 2.50. The van der Waals surface area contributed by atoms with Crippen molar-refractivity contribution >= 4 is 22.8 Å². The average Bonchev–Trinajstić information content (AvgIpc) is 3.01. The Bertz CT molecular complexity index is 929. The van der Waals surface area contributed by atoms with E-state index in [1.54, 1.807) is 0 Å². The zero-order valence-electron chi connectivity index (χ0n) is 12.4. The number of aromatic nitrogens is 3. The lowest BCUT2D eigenvalue weighted by atomic mass is 10.1. The Kier molecular flexibility index (Phi) is 3.47. The molecule has 3 heterocycles. The quantitative estimate of drug-likeness (QED) is 0.701. The molecule has 1 aliphatic heterocycles. The maximum absolute atomic E-state index is 12.5. The number of carbonyl (C=O) groups is 2. The molecular weight excluding hydrogens is 302 g/mol. The van der Waals surface area contributed by atoms with E-state index in [1.807, 2.05) is 0 Å². The Morgan fingerprint density at radius 2 is 2.09 bits per heavy atom. The van der Waals surface area contributed by atoms with E-state index in [0.717, 1.165) is 0 Å². The highest BCUT2D eigenvalue weighted by Crippen LogP contribution is 2.18. The molecular formula is C14H15N5O4. The number of nitrogens with two attached hydrogens (primary N) is 1. The fourth-order valence-corrected chi connectivity index (χ4v) is 2.68. The van der Waals surface area contributed by atoms with E-state index in [9.17, 15) is 19.2 Å². The van der Waals surface area contributed by atoms with Gasteiger partial charge in [-0.15, -0.1) is 0 Å². The van der Waals surface area contributed by atoms with Crippen LogP contribution in [0.25, 0.3) is 11.0 Å². The Morgan fingerprint density at radius 1 is 1.35 bits per heavy atom. The highest BCUT2D eigenvalue weighted by atomic mass is 16.2. The monoisotopic (exact) mass is 317 g/mol. The van der Waals surface area contributed by atoms with Crippen LogP contribution in [0.3, 0.4) is 0 Å². The SMILES string of the molecule is Cn1c(=O)[nH]c(=O)c2ccc(C(=O)N3CC[C@@H](C(N)=O)C3)nc21. The van der Waals surface area contributed by atoms with E-state index in [-0.39, 0.29) is 35.1 Å². The van der Waals surface area contributed by atoms with E-state index < -0.39 is 17.2 Å². The number of aromatic amines is 1. The summed E-state index contributed by atoms with van der Waals surface area (Å²) < 4.78 is 1.17. The van der Waals surface area contributed by atoms with Crippen LogP contribution in [0.5, 0.6) is 0 Å². The van der Waals surface area contributed by atoms with Crippen molar-refractivity contribution in [1.82, 2.24) is 19.4 Å². The summed E-state index contributed by atoms with van der Waals surface area (Å²) in [6, 6.07) is 2.89. The zero-order chi connectivity index (χ0) is 16.7. The summed E-state index contributed by atoms with van der Waals surface area (Å²) in [5.41, 5.74) is 4.35. The van der Waals surface area contributed by atoms with Gasteiger partial charge in [-0.05, 0) is 18.6 Å². The van der Waals surface area contributed by atoms with E-state index >= 15 is 0 Å². The number of hydrogen-bond donors (Lipinski definition) is 2. The van der Waals surface area contributed by atoms with Gasteiger partial charge in [-0.25, -0.2) is 9.78 Å². The van der Waals surface area contributed by atoms with Crippen molar-refractivity contribution in [3.63, 3.8) is 0 Å². The molecule has 3 N–H and O–H groups in total. The molecule has 0 saturated carbocycles. The first kappa shape index (κ1) is 14.9. The minimum Gasteiger partial charge on any atom is -0.369 e. The topological polar surface area (TPSA) is 131 Å².